The second-order valence-corrected chi connectivity index (χ2v) is 7.85. The van der Waals surface area contributed by atoms with Gasteiger partial charge >= 0.3 is 0 Å². The predicted octanol–water partition coefficient (Wildman–Crippen LogP) is 1.15. The summed E-state index contributed by atoms with van der Waals surface area (Å²) < 4.78 is 26.9. The van der Waals surface area contributed by atoms with E-state index in [0.717, 1.165) is 12.0 Å². The van der Waals surface area contributed by atoms with E-state index in [9.17, 15) is 13.2 Å². The second-order valence-electron chi connectivity index (χ2n) is 5.91. The van der Waals surface area contributed by atoms with Crippen molar-refractivity contribution in [3.8, 4) is 0 Å². The molecule has 1 heterocycles. The quantitative estimate of drug-likeness (QED) is 0.731. The molecule has 1 aliphatic rings. The molecule has 8 heteroatoms. The summed E-state index contributed by atoms with van der Waals surface area (Å²) in [5.74, 6) is -0.343. The molecule has 1 aromatic rings. The Kier molecular flexibility index (Phi) is 8.15. The first-order valence-corrected chi connectivity index (χ1v) is 9.38. The van der Waals surface area contributed by atoms with Gasteiger partial charge in [-0.25, -0.2) is 8.42 Å². The van der Waals surface area contributed by atoms with Gasteiger partial charge in [0.1, 0.15) is 0 Å². The van der Waals surface area contributed by atoms with Gasteiger partial charge in [-0.05, 0) is 38.9 Å². The summed E-state index contributed by atoms with van der Waals surface area (Å²) >= 11 is 0. The van der Waals surface area contributed by atoms with E-state index in [0.29, 0.717) is 31.0 Å². The van der Waals surface area contributed by atoms with Crippen molar-refractivity contribution in [3.63, 3.8) is 0 Å². The van der Waals surface area contributed by atoms with E-state index >= 15 is 0 Å². The predicted molar refractivity (Wildman–Crippen MR) is 96.8 cm³/mol. The maximum absolute atomic E-state index is 12.7. The number of halogens is 1. The summed E-state index contributed by atoms with van der Waals surface area (Å²) in [7, 11) is -1.71. The van der Waals surface area contributed by atoms with Crippen LogP contribution in [0.5, 0.6) is 0 Å². The summed E-state index contributed by atoms with van der Waals surface area (Å²) in [5, 5.41) is 5.81. The van der Waals surface area contributed by atoms with Crippen LogP contribution < -0.4 is 10.6 Å². The molecule has 0 bridgehead atoms. The highest BCUT2D eigenvalue weighted by molar-refractivity contribution is 7.89. The van der Waals surface area contributed by atoms with Gasteiger partial charge in [0.25, 0.3) is 0 Å². The van der Waals surface area contributed by atoms with Gasteiger partial charge < -0.3 is 10.6 Å². The zero-order chi connectivity index (χ0) is 16.9. The monoisotopic (exact) mass is 375 g/mol. The highest BCUT2D eigenvalue weighted by Gasteiger charge is 2.33. The maximum Gasteiger partial charge on any atom is 0.243 e. The van der Waals surface area contributed by atoms with Crippen molar-refractivity contribution >= 4 is 28.3 Å². The van der Waals surface area contributed by atoms with Gasteiger partial charge in [0, 0.05) is 26.2 Å². The molecular formula is C16H26ClN3O3S. The number of amides is 1. The first kappa shape index (κ1) is 20.9. The van der Waals surface area contributed by atoms with Gasteiger partial charge in [0.05, 0.1) is 10.8 Å². The van der Waals surface area contributed by atoms with Crippen molar-refractivity contribution in [2.75, 3.05) is 33.2 Å². The number of piperidine rings is 1. The van der Waals surface area contributed by atoms with Crippen LogP contribution >= 0.6 is 12.4 Å². The van der Waals surface area contributed by atoms with Gasteiger partial charge in [-0.2, -0.15) is 4.31 Å². The van der Waals surface area contributed by atoms with E-state index in [-0.39, 0.29) is 30.8 Å². The lowest BCUT2D eigenvalue weighted by atomic mass is 9.99. The molecule has 1 saturated heterocycles. The summed E-state index contributed by atoms with van der Waals surface area (Å²) in [6, 6.07) is 6.83. The Morgan fingerprint density at radius 3 is 2.54 bits per heavy atom. The molecule has 2 rings (SSSR count). The summed E-state index contributed by atoms with van der Waals surface area (Å²) in [5.41, 5.74) is 1.02. The molecular weight excluding hydrogens is 350 g/mol. The Bertz CT molecular complexity index is 634. The third kappa shape index (κ3) is 5.17. The Hall–Kier alpha value is -1.15. The average Bonchev–Trinajstić information content (AvgIpc) is 2.55. The first-order chi connectivity index (χ1) is 10.9. The van der Waals surface area contributed by atoms with E-state index in [2.05, 4.69) is 10.6 Å². The van der Waals surface area contributed by atoms with Crippen LogP contribution in [0.4, 0.5) is 0 Å². The van der Waals surface area contributed by atoms with Gasteiger partial charge in [-0.15, -0.1) is 12.4 Å². The third-order valence-electron chi connectivity index (χ3n) is 4.09. The molecule has 0 saturated carbocycles. The normalized spacial score (nSPS) is 18.7. The van der Waals surface area contributed by atoms with Crippen molar-refractivity contribution in [1.82, 2.24) is 14.9 Å². The SMILES string of the molecule is CNCCNC(=O)C1CCCN(S(=O)(=O)c2ccc(C)cc2)C1.Cl. The topological polar surface area (TPSA) is 78.5 Å². The fraction of sp³-hybridized carbons (Fsp3) is 0.562. The van der Waals surface area contributed by atoms with Crippen LogP contribution in [0.2, 0.25) is 0 Å². The van der Waals surface area contributed by atoms with Crippen LogP contribution in [-0.2, 0) is 14.8 Å². The molecule has 1 fully saturated rings. The van der Waals surface area contributed by atoms with Crippen molar-refractivity contribution in [3.05, 3.63) is 29.8 Å². The lowest BCUT2D eigenvalue weighted by molar-refractivity contribution is -0.126. The van der Waals surface area contributed by atoms with Crippen LogP contribution in [-0.4, -0.2) is 51.9 Å². The lowest BCUT2D eigenvalue weighted by Crippen LogP contribution is -2.46. The van der Waals surface area contributed by atoms with Crippen molar-refractivity contribution in [2.45, 2.75) is 24.7 Å². The molecule has 2 N–H and O–H groups in total. The fourth-order valence-electron chi connectivity index (χ4n) is 2.69. The Labute approximate surface area is 150 Å². The van der Waals surface area contributed by atoms with E-state index < -0.39 is 10.0 Å². The maximum atomic E-state index is 12.7. The molecule has 0 aromatic heterocycles. The first-order valence-electron chi connectivity index (χ1n) is 7.94. The van der Waals surface area contributed by atoms with E-state index in [1.165, 1.54) is 4.31 Å². The van der Waals surface area contributed by atoms with E-state index in [1.807, 2.05) is 14.0 Å². The van der Waals surface area contributed by atoms with Crippen LogP contribution in [0, 0.1) is 12.8 Å². The zero-order valence-corrected chi connectivity index (χ0v) is 15.8. The molecule has 0 spiro atoms. The van der Waals surface area contributed by atoms with Crippen LogP contribution in [0.15, 0.2) is 29.2 Å². The number of benzene rings is 1. The Morgan fingerprint density at radius 2 is 1.92 bits per heavy atom. The number of carbonyl (C=O) groups is 1. The standard InChI is InChI=1S/C16H25N3O3S.ClH/c1-13-5-7-15(8-6-13)23(21,22)19-11-3-4-14(12-19)16(20)18-10-9-17-2;/h5-8,14,17H,3-4,9-12H2,1-2H3,(H,18,20);1H. The van der Waals surface area contributed by atoms with Gasteiger partial charge in [-0.3, -0.25) is 4.79 Å². The minimum Gasteiger partial charge on any atom is -0.355 e. The van der Waals surface area contributed by atoms with Crippen LogP contribution in [0.25, 0.3) is 0 Å². The molecule has 0 aliphatic carbocycles. The second kappa shape index (κ2) is 9.36. The smallest absolute Gasteiger partial charge is 0.243 e. The summed E-state index contributed by atoms with van der Waals surface area (Å²) in [6.45, 7) is 3.89. The van der Waals surface area contributed by atoms with Crippen molar-refractivity contribution in [1.29, 1.82) is 0 Å². The molecule has 1 aliphatic heterocycles. The number of nitrogens with zero attached hydrogens (tertiary/aromatic N) is 1. The number of aryl methyl sites for hydroxylation is 1. The molecule has 1 atom stereocenters. The number of nitrogens with one attached hydrogen (secondary N) is 2. The highest BCUT2D eigenvalue weighted by atomic mass is 35.5. The number of carbonyl (C=O) groups excluding carboxylic acids is 1. The zero-order valence-electron chi connectivity index (χ0n) is 14.1. The minimum absolute atomic E-state index is 0. The molecule has 6 nitrogen and oxygen atoms in total. The molecule has 1 amide bonds. The number of rotatable bonds is 6. The van der Waals surface area contributed by atoms with Crippen LogP contribution in [0.3, 0.4) is 0 Å². The fourth-order valence-corrected chi connectivity index (χ4v) is 4.21. The highest BCUT2D eigenvalue weighted by Crippen LogP contribution is 2.24. The molecule has 0 radical (unpaired) electrons. The molecule has 1 aromatic carbocycles. The number of hydrogen-bond donors (Lipinski definition) is 2. The number of likely N-dealkylation sites (N-methyl/N-ethyl adjacent to an activating group) is 1. The molecule has 1 unspecified atom stereocenters. The lowest BCUT2D eigenvalue weighted by Gasteiger charge is -2.31. The van der Waals surface area contributed by atoms with Gasteiger partial charge in [-0.1, -0.05) is 17.7 Å². The average molecular weight is 376 g/mol. The van der Waals surface area contributed by atoms with E-state index in [1.54, 1.807) is 24.3 Å². The Balaban J connectivity index is 0.00000288. The Morgan fingerprint density at radius 1 is 1.25 bits per heavy atom. The minimum atomic E-state index is -3.53. The molecule has 136 valence electrons. The largest absolute Gasteiger partial charge is 0.355 e. The van der Waals surface area contributed by atoms with E-state index in [4.69, 9.17) is 0 Å². The number of sulfonamides is 1. The van der Waals surface area contributed by atoms with Crippen molar-refractivity contribution in [2.24, 2.45) is 5.92 Å². The van der Waals surface area contributed by atoms with Gasteiger partial charge in [0.2, 0.25) is 15.9 Å². The van der Waals surface area contributed by atoms with Gasteiger partial charge in [0.15, 0.2) is 0 Å². The van der Waals surface area contributed by atoms with Crippen LogP contribution in [0.1, 0.15) is 18.4 Å². The third-order valence-corrected chi connectivity index (χ3v) is 5.97. The number of hydrogen-bond acceptors (Lipinski definition) is 4. The van der Waals surface area contributed by atoms with Crippen molar-refractivity contribution < 1.29 is 13.2 Å². The summed E-state index contributed by atoms with van der Waals surface area (Å²) in [6.07, 6.45) is 1.43. The molecule has 24 heavy (non-hydrogen) atoms. The summed E-state index contributed by atoms with van der Waals surface area (Å²) in [4.78, 5) is 12.5.